The topological polar surface area (TPSA) is 55.4 Å². The average molecular weight is 360 g/mol. The van der Waals surface area contributed by atoms with Crippen LogP contribution in [0.5, 0.6) is 0 Å². The molecule has 1 N–H and O–H groups in total. The van der Waals surface area contributed by atoms with Crippen LogP contribution in [0.1, 0.15) is 42.1 Å². The van der Waals surface area contributed by atoms with Crippen molar-refractivity contribution in [3.63, 3.8) is 0 Å². The van der Waals surface area contributed by atoms with E-state index >= 15 is 0 Å². The third-order valence-electron chi connectivity index (χ3n) is 3.67. The second-order valence-electron chi connectivity index (χ2n) is 5.74. The summed E-state index contributed by atoms with van der Waals surface area (Å²) >= 11 is 5.93. The number of anilines is 1. The maximum Gasteiger partial charge on any atom is 0.338 e. The van der Waals surface area contributed by atoms with Crippen LogP contribution >= 0.6 is 11.6 Å². The molecule has 0 saturated heterocycles. The van der Waals surface area contributed by atoms with Crippen molar-refractivity contribution in [1.29, 1.82) is 0 Å². The van der Waals surface area contributed by atoms with Crippen LogP contribution in [0.2, 0.25) is 5.02 Å². The van der Waals surface area contributed by atoms with E-state index in [9.17, 15) is 9.59 Å². The summed E-state index contributed by atoms with van der Waals surface area (Å²) in [4.78, 5) is 23.8. The smallest absolute Gasteiger partial charge is 0.338 e. The molecule has 0 aliphatic heterocycles. The first-order valence-corrected chi connectivity index (χ1v) is 8.77. The molecule has 0 saturated carbocycles. The first-order chi connectivity index (χ1) is 12.1. The molecule has 25 heavy (non-hydrogen) atoms. The third kappa shape index (κ3) is 6.59. The Kier molecular flexibility index (Phi) is 7.48. The van der Waals surface area contributed by atoms with E-state index in [2.05, 4.69) is 5.32 Å². The van der Waals surface area contributed by atoms with E-state index in [1.165, 1.54) is 0 Å². The summed E-state index contributed by atoms with van der Waals surface area (Å²) in [5, 5.41) is 3.49. The fraction of sp³-hybridized carbons (Fsp3) is 0.300. The highest BCUT2D eigenvalue weighted by Gasteiger charge is 2.08. The van der Waals surface area contributed by atoms with Crippen LogP contribution in [0.3, 0.4) is 0 Å². The fourth-order valence-corrected chi connectivity index (χ4v) is 2.47. The summed E-state index contributed by atoms with van der Waals surface area (Å²) in [5.74, 6) is -0.425. The number of hydrogen-bond acceptors (Lipinski definition) is 3. The molecular formula is C20H22ClNO3. The van der Waals surface area contributed by atoms with Crippen molar-refractivity contribution >= 4 is 29.2 Å². The zero-order chi connectivity index (χ0) is 18.1. The Morgan fingerprint density at radius 2 is 1.88 bits per heavy atom. The minimum atomic E-state index is -0.340. The predicted molar refractivity (Wildman–Crippen MR) is 100 cm³/mol. The van der Waals surface area contributed by atoms with E-state index < -0.39 is 0 Å². The molecular weight excluding hydrogens is 338 g/mol. The number of esters is 1. The second-order valence-corrected chi connectivity index (χ2v) is 6.18. The monoisotopic (exact) mass is 359 g/mol. The first-order valence-electron chi connectivity index (χ1n) is 8.40. The van der Waals surface area contributed by atoms with Gasteiger partial charge in [-0.3, -0.25) is 4.79 Å². The number of halogens is 1. The molecule has 0 spiro atoms. The summed E-state index contributed by atoms with van der Waals surface area (Å²) < 4.78 is 5.15. The molecule has 1 amide bonds. The zero-order valence-electron chi connectivity index (χ0n) is 14.3. The van der Waals surface area contributed by atoms with Crippen LogP contribution < -0.4 is 5.32 Å². The predicted octanol–water partition coefficient (Wildman–Crippen LogP) is 4.87. The molecule has 5 heteroatoms. The van der Waals surface area contributed by atoms with Crippen LogP contribution in [0.25, 0.3) is 0 Å². The quantitative estimate of drug-likeness (QED) is 0.540. The number of carbonyl (C=O) groups is 2. The minimum absolute atomic E-state index is 0.0850. The van der Waals surface area contributed by atoms with E-state index in [-0.39, 0.29) is 11.9 Å². The molecule has 0 aliphatic carbocycles. The van der Waals surface area contributed by atoms with Crippen molar-refractivity contribution in [1.82, 2.24) is 0 Å². The summed E-state index contributed by atoms with van der Waals surface area (Å²) in [6, 6.07) is 14.2. The number of nitrogens with one attached hydrogen (secondary N) is 1. The molecule has 2 aromatic carbocycles. The lowest BCUT2D eigenvalue weighted by atomic mass is 10.1. The molecule has 0 bridgehead atoms. The highest BCUT2D eigenvalue weighted by molar-refractivity contribution is 6.30. The Morgan fingerprint density at radius 1 is 1.12 bits per heavy atom. The Labute approximate surface area is 153 Å². The van der Waals surface area contributed by atoms with E-state index in [0.717, 1.165) is 18.4 Å². The number of ether oxygens (including phenoxy) is 1. The number of unbranched alkanes of at least 4 members (excludes halogenated alkanes) is 1. The standard InChI is InChI=1S/C20H22ClNO3/c1-2-3-13-25-20(24)16-8-10-18(11-9-16)22-19(23)12-7-15-5-4-6-17(21)14-15/h4-6,8-11,14H,2-3,7,12-13H2,1H3,(H,22,23). The van der Waals surface area contributed by atoms with Gasteiger partial charge in [0.15, 0.2) is 0 Å². The molecule has 0 unspecified atom stereocenters. The number of benzene rings is 2. The van der Waals surface area contributed by atoms with Gasteiger partial charge in [-0.1, -0.05) is 37.1 Å². The van der Waals surface area contributed by atoms with Crippen LogP contribution in [-0.4, -0.2) is 18.5 Å². The van der Waals surface area contributed by atoms with Crippen molar-refractivity contribution in [3.05, 3.63) is 64.7 Å². The number of amides is 1. The summed E-state index contributed by atoms with van der Waals surface area (Å²) in [7, 11) is 0. The van der Waals surface area contributed by atoms with E-state index in [1.807, 2.05) is 25.1 Å². The van der Waals surface area contributed by atoms with Gasteiger partial charge in [-0.25, -0.2) is 4.79 Å². The Bertz CT molecular complexity index is 713. The summed E-state index contributed by atoms with van der Waals surface area (Å²) in [6.45, 7) is 2.47. The number of rotatable bonds is 8. The van der Waals surface area contributed by atoms with Gasteiger partial charge in [0.05, 0.1) is 12.2 Å². The van der Waals surface area contributed by atoms with Crippen molar-refractivity contribution in [2.75, 3.05) is 11.9 Å². The molecule has 132 valence electrons. The van der Waals surface area contributed by atoms with Gasteiger partial charge in [-0.2, -0.15) is 0 Å². The highest BCUT2D eigenvalue weighted by Crippen LogP contribution is 2.14. The van der Waals surface area contributed by atoms with Crippen LogP contribution in [0.15, 0.2) is 48.5 Å². The lowest BCUT2D eigenvalue weighted by Crippen LogP contribution is -2.12. The molecule has 0 radical (unpaired) electrons. The van der Waals surface area contributed by atoms with Crippen LogP contribution in [0, 0.1) is 0 Å². The Balaban J connectivity index is 1.81. The van der Waals surface area contributed by atoms with Crippen LogP contribution in [0.4, 0.5) is 5.69 Å². The van der Waals surface area contributed by atoms with Crippen molar-refractivity contribution < 1.29 is 14.3 Å². The fourth-order valence-electron chi connectivity index (χ4n) is 2.26. The second kappa shape index (κ2) is 9.84. The van der Waals surface area contributed by atoms with E-state index in [1.54, 1.807) is 30.3 Å². The lowest BCUT2D eigenvalue weighted by molar-refractivity contribution is -0.116. The minimum Gasteiger partial charge on any atom is -0.462 e. The van der Waals surface area contributed by atoms with E-state index in [0.29, 0.717) is 35.7 Å². The van der Waals surface area contributed by atoms with Gasteiger partial charge in [-0.15, -0.1) is 0 Å². The van der Waals surface area contributed by atoms with Crippen molar-refractivity contribution in [2.24, 2.45) is 0 Å². The van der Waals surface area contributed by atoms with Crippen molar-refractivity contribution in [3.8, 4) is 0 Å². The molecule has 2 aromatic rings. The summed E-state index contributed by atoms with van der Waals surface area (Å²) in [5.41, 5.74) is 2.15. The Hall–Kier alpha value is -2.33. The summed E-state index contributed by atoms with van der Waals surface area (Å²) in [6.07, 6.45) is 2.81. The van der Waals surface area contributed by atoms with Gasteiger partial charge in [0.1, 0.15) is 0 Å². The molecule has 4 nitrogen and oxygen atoms in total. The molecule has 0 aliphatic rings. The maximum absolute atomic E-state index is 12.0. The van der Waals surface area contributed by atoms with Gasteiger partial charge in [0.25, 0.3) is 0 Å². The van der Waals surface area contributed by atoms with Crippen molar-refractivity contribution in [2.45, 2.75) is 32.6 Å². The number of carbonyl (C=O) groups excluding carboxylic acids is 2. The first kappa shape index (κ1) is 19.0. The number of aryl methyl sites for hydroxylation is 1. The molecule has 0 fully saturated rings. The molecule has 0 heterocycles. The molecule has 2 rings (SSSR count). The Morgan fingerprint density at radius 3 is 2.56 bits per heavy atom. The van der Waals surface area contributed by atoms with Gasteiger partial charge < -0.3 is 10.1 Å². The molecule has 0 aromatic heterocycles. The lowest BCUT2D eigenvalue weighted by Gasteiger charge is -2.07. The SMILES string of the molecule is CCCCOC(=O)c1ccc(NC(=O)CCc2cccc(Cl)c2)cc1. The van der Waals surface area contributed by atoms with Gasteiger partial charge >= 0.3 is 5.97 Å². The molecule has 0 atom stereocenters. The third-order valence-corrected chi connectivity index (χ3v) is 3.90. The average Bonchev–Trinajstić information content (AvgIpc) is 2.61. The highest BCUT2D eigenvalue weighted by atomic mass is 35.5. The normalized spacial score (nSPS) is 10.3. The van der Waals surface area contributed by atoms with Gasteiger partial charge in [-0.05, 0) is 54.8 Å². The van der Waals surface area contributed by atoms with Crippen LogP contribution in [-0.2, 0) is 16.0 Å². The van der Waals surface area contributed by atoms with Gasteiger partial charge in [0.2, 0.25) is 5.91 Å². The number of hydrogen-bond donors (Lipinski definition) is 1. The maximum atomic E-state index is 12.0. The van der Waals surface area contributed by atoms with E-state index in [4.69, 9.17) is 16.3 Å². The van der Waals surface area contributed by atoms with Gasteiger partial charge in [0, 0.05) is 17.1 Å². The largest absolute Gasteiger partial charge is 0.462 e. The zero-order valence-corrected chi connectivity index (χ0v) is 15.0.